The first kappa shape index (κ1) is 15.4. The molecular weight excluding hydrogens is 270 g/mol. The number of carbonyl (C=O) groups excluding carboxylic acids is 1. The Balaban J connectivity index is 1.90. The summed E-state index contributed by atoms with van der Waals surface area (Å²) in [6.07, 6.45) is 3.20. The van der Waals surface area contributed by atoms with Crippen LogP contribution in [-0.2, 0) is 4.74 Å². The zero-order valence-corrected chi connectivity index (χ0v) is 12.8. The van der Waals surface area contributed by atoms with Crippen LogP contribution in [-0.4, -0.2) is 40.8 Å². The quantitative estimate of drug-likeness (QED) is 0.926. The largest absolute Gasteiger partial charge is 0.490 e. The fraction of sp³-hybridized carbons (Fsp3) is 0.600. The van der Waals surface area contributed by atoms with Crippen LogP contribution in [0.2, 0.25) is 0 Å². The summed E-state index contributed by atoms with van der Waals surface area (Å²) in [4.78, 5) is 17.9. The number of hydrogen-bond donors (Lipinski definition) is 1. The predicted octanol–water partition coefficient (Wildman–Crippen LogP) is 2.44. The molecule has 1 aliphatic heterocycles. The second-order valence-electron chi connectivity index (χ2n) is 6.20. The van der Waals surface area contributed by atoms with Crippen molar-refractivity contribution in [1.82, 2.24) is 9.88 Å². The monoisotopic (exact) mass is 293 g/mol. The normalized spacial score (nSPS) is 18.6. The standard InChI is InChI=1S/C15H23N3O3/c1-15(2,3)21-14(19)18-8-4-5-11(18)10-20-12-6-7-13(16)17-9-12/h6-7,9,11H,4-5,8,10H2,1-3H3,(H2,16,17)/t11-/m1/s1. The Hall–Kier alpha value is -1.98. The van der Waals surface area contributed by atoms with E-state index < -0.39 is 5.60 Å². The van der Waals surface area contributed by atoms with Crippen LogP contribution in [0.1, 0.15) is 33.6 Å². The van der Waals surface area contributed by atoms with E-state index in [9.17, 15) is 4.79 Å². The number of hydrogen-bond acceptors (Lipinski definition) is 5. The smallest absolute Gasteiger partial charge is 0.410 e. The number of nitrogens with two attached hydrogens (primary N) is 1. The molecule has 2 N–H and O–H groups in total. The van der Waals surface area contributed by atoms with Crippen molar-refractivity contribution < 1.29 is 14.3 Å². The van der Waals surface area contributed by atoms with Gasteiger partial charge in [0, 0.05) is 6.54 Å². The van der Waals surface area contributed by atoms with Crippen molar-refractivity contribution in [2.24, 2.45) is 0 Å². The first-order valence-electron chi connectivity index (χ1n) is 7.19. The van der Waals surface area contributed by atoms with Crippen LogP contribution in [0.5, 0.6) is 5.75 Å². The lowest BCUT2D eigenvalue weighted by Gasteiger charge is -2.28. The van der Waals surface area contributed by atoms with Gasteiger partial charge >= 0.3 is 6.09 Å². The molecule has 0 unspecified atom stereocenters. The summed E-state index contributed by atoms with van der Waals surface area (Å²) in [7, 11) is 0. The minimum Gasteiger partial charge on any atom is -0.490 e. The topological polar surface area (TPSA) is 77.7 Å². The van der Waals surface area contributed by atoms with Gasteiger partial charge in [-0.25, -0.2) is 9.78 Å². The van der Waals surface area contributed by atoms with E-state index >= 15 is 0 Å². The molecule has 0 spiro atoms. The Morgan fingerprint density at radius 3 is 2.86 bits per heavy atom. The van der Waals surface area contributed by atoms with E-state index in [-0.39, 0.29) is 12.1 Å². The Kier molecular flexibility index (Phi) is 4.55. The maximum Gasteiger partial charge on any atom is 0.410 e. The first-order valence-corrected chi connectivity index (χ1v) is 7.19. The Morgan fingerprint density at radius 1 is 1.48 bits per heavy atom. The second-order valence-corrected chi connectivity index (χ2v) is 6.20. The van der Waals surface area contributed by atoms with Gasteiger partial charge in [-0.05, 0) is 45.7 Å². The van der Waals surface area contributed by atoms with Gasteiger partial charge in [-0.1, -0.05) is 0 Å². The molecule has 0 saturated carbocycles. The van der Waals surface area contributed by atoms with Gasteiger partial charge in [0.1, 0.15) is 23.8 Å². The molecule has 0 radical (unpaired) electrons. The van der Waals surface area contributed by atoms with Crippen LogP contribution in [0.3, 0.4) is 0 Å². The van der Waals surface area contributed by atoms with Gasteiger partial charge in [0.25, 0.3) is 0 Å². The number of likely N-dealkylation sites (tertiary alicyclic amines) is 1. The molecule has 1 amide bonds. The third-order valence-corrected chi connectivity index (χ3v) is 3.21. The molecule has 1 aromatic heterocycles. The van der Waals surface area contributed by atoms with Crippen molar-refractivity contribution in [3.05, 3.63) is 18.3 Å². The van der Waals surface area contributed by atoms with Gasteiger partial charge in [-0.15, -0.1) is 0 Å². The minimum atomic E-state index is -0.480. The van der Waals surface area contributed by atoms with Gasteiger partial charge in [-0.3, -0.25) is 0 Å². The maximum absolute atomic E-state index is 12.1. The fourth-order valence-electron chi connectivity index (χ4n) is 2.24. The molecule has 0 bridgehead atoms. The molecule has 6 nitrogen and oxygen atoms in total. The molecule has 1 aliphatic rings. The fourth-order valence-corrected chi connectivity index (χ4v) is 2.24. The van der Waals surface area contributed by atoms with E-state index in [4.69, 9.17) is 15.2 Å². The Labute approximate surface area is 125 Å². The van der Waals surface area contributed by atoms with Crippen molar-refractivity contribution in [2.75, 3.05) is 18.9 Å². The SMILES string of the molecule is CC(C)(C)OC(=O)N1CCC[C@@H]1COc1ccc(N)nc1. The number of carbonyl (C=O) groups is 1. The van der Waals surface area contributed by atoms with Gasteiger partial charge in [-0.2, -0.15) is 0 Å². The van der Waals surface area contributed by atoms with Crippen LogP contribution in [0.4, 0.5) is 10.6 Å². The van der Waals surface area contributed by atoms with Crippen molar-refractivity contribution in [3.8, 4) is 5.75 Å². The number of nitrogen functional groups attached to an aromatic ring is 1. The highest BCUT2D eigenvalue weighted by atomic mass is 16.6. The van der Waals surface area contributed by atoms with Crippen molar-refractivity contribution in [1.29, 1.82) is 0 Å². The number of rotatable bonds is 3. The predicted molar refractivity (Wildman–Crippen MR) is 80.1 cm³/mol. The van der Waals surface area contributed by atoms with Crippen LogP contribution in [0, 0.1) is 0 Å². The zero-order valence-electron chi connectivity index (χ0n) is 12.8. The number of pyridine rings is 1. The Morgan fingerprint density at radius 2 is 2.24 bits per heavy atom. The molecule has 2 heterocycles. The Bertz CT molecular complexity index is 482. The molecule has 1 saturated heterocycles. The van der Waals surface area contributed by atoms with Gasteiger partial charge < -0.3 is 20.1 Å². The van der Waals surface area contributed by atoms with Crippen LogP contribution in [0.15, 0.2) is 18.3 Å². The summed E-state index contributed by atoms with van der Waals surface area (Å²) in [5.74, 6) is 1.11. The van der Waals surface area contributed by atoms with Crippen LogP contribution < -0.4 is 10.5 Å². The molecular formula is C15H23N3O3. The lowest BCUT2D eigenvalue weighted by atomic mass is 10.2. The third kappa shape index (κ3) is 4.51. The number of aromatic nitrogens is 1. The van der Waals surface area contributed by atoms with Gasteiger partial charge in [0.2, 0.25) is 0 Å². The van der Waals surface area contributed by atoms with E-state index in [1.807, 2.05) is 20.8 Å². The lowest BCUT2D eigenvalue weighted by Crippen LogP contribution is -2.42. The number of nitrogens with zero attached hydrogens (tertiary/aromatic N) is 2. The summed E-state index contributed by atoms with van der Waals surface area (Å²) in [6.45, 7) is 6.75. The highest BCUT2D eigenvalue weighted by molar-refractivity contribution is 5.69. The van der Waals surface area contributed by atoms with Crippen molar-refractivity contribution in [3.63, 3.8) is 0 Å². The number of ether oxygens (including phenoxy) is 2. The van der Waals surface area contributed by atoms with E-state index in [2.05, 4.69) is 4.98 Å². The van der Waals surface area contributed by atoms with E-state index in [0.717, 1.165) is 12.8 Å². The maximum atomic E-state index is 12.1. The number of amides is 1. The summed E-state index contributed by atoms with van der Waals surface area (Å²) in [5.41, 5.74) is 5.05. The van der Waals surface area contributed by atoms with Crippen LogP contribution >= 0.6 is 0 Å². The molecule has 21 heavy (non-hydrogen) atoms. The highest BCUT2D eigenvalue weighted by Crippen LogP contribution is 2.22. The van der Waals surface area contributed by atoms with E-state index in [1.54, 1.807) is 23.2 Å². The molecule has 1 fully saturated rings. The molecule has 1 aromatic rings. The first-order chi connectivity index (χ1) is 9.85. The van der Waals surface area contributed by atoms with Gasteiger partial charge in [0.15, 0.2) is 0 Å². The highest BCUT2D eigenvalue weighted by Gasteiger charge is 2.32. The summed E-state index contributed by atoms with van der Waals surface area (Å²) < 4.78 is 11.1. The summed E-state index contributed by atoms with van der Waals surface area (Å²) in [6, 6.07) is 3.50. The summed E-state index contributed by atoms with van der Waals surface area (Å²) >= 11 is 0. The minimum absolute atomic E-state index is 0.0393. The molecule has 2 rings (SSSR count). The van der Waals surface area contributed by atoms with E-state index in [1.165, 1.54) is 0 Å². The second kappa shape index (κ2) is 6.20. The van der Waals surface area contributed by atoms with Crippen molar-refractivity contribution in [2.45, 2.75) is 45.3 Å². The zero-order chi connectivity index (χ0) is 15.5. The van der Waals surface area contributed by atoms with Crippen molar-refractivity contribution >= 4 is 11.9 Å². The average molecular weight is 293 g/mol. The third-order valence-electron chi connectivity index (χ3n) is 3.21. The molecule has 0 aromatic carbocycles. The summed E-state index contributed by atoms with van der Waals surface area (Å²) in [5, 5.41) is 0. The van der Waals surface area contributed by atoms with Crippen LogP contribution in [0.25, 0.3) is 0 Å². The lowest BCUT2D eigenvalue weighted by molar-refractivity contribution is 0.0187. The average Bonchev–Trinajstić information content (AvgIpc) is 2.84. The molecule has 116 valence electrons. The van der Waals surface area contributed by atoms with E-state index in [0.29, 0.717) is 24.7 Å². The number of anilines is 1. The molecule has 1 atom stereocenters. The molecule has 0 aliphatic carbocycles. The van der Waals surface area contributed by atoms with Gasteiger partial charge in [0.05, 0.1) is 12.2 Å². The molecule has 6 heteroatoms.